The van der Waals surface area contributed by atoms with Gasteiger partial charge in [0.2, 0.25) is 0 Å². The molecule has 3 heteroatoms. The third-order valence-corrected chi connectivity index (χ3v) is 1.69. The lowest BCUT2D eigenvalue weighted by Crippen LogP contribution is -1.88. The molecule has 1 rings (SSSR count). The van der Waals surface area contributed by atoms with E-state index in [-0.39, 0.29) is 0 Å². The summed E-state index contributed by atoms with van der Waals surface area (Å²) in [6.45, 7) is 3.75. The second-order valence-electron chi connectivity index (χ2n) is 2.51. The number of hydrogen-bond donors (Lipinski definition) is 0. The third kappa shape index (κ3) is 1.67. The fourth-order valence-electron chi connectivity index (χ4n) is 1.06. The highest BCUT2D eigenvalue weighted by atomic mass is 16.5. The van der Waals surface area contributed by atoms with Gasteiger partial charge in [-0.1, -0.05) is 5.16 Å². The molecule has 0 fully saturated rings. The van der Waals surface area contributed by atoms with Crippen molar-refractivity contribution < 1.29 is 9.32 Å². The lowest BCUT2D eigenvalue weighted by molar-refractivity contribution is -0.107. The minimum absolute atomic E-state index is 0.545. The maximum absolute atomic E-state index is 10.1. The van der Waals surface area contributed by atoms with Gasteiger partial charge in [0.1, 0.15) is 12.0 Å². The predicted molar refractivity (Wildman–Crippen MR) is 40.4 cm³/mol. The first kappa shape index (κ1) is 7.98. The van der Waals surface area contributed by atoms with Gasteiger partial charge in [0.25, 0.3) is 0 Å². The summed E-state index contributed by atoms with van der Waals surface area (Å²) in [5.74, 6) is 0.823. The van der Waals surface area contributed by atoms with Gasteiger partial charge in [-0.3, -0.25) is 0 Å². The number of carbonyl (C=O) groups excluding carboxylic acids is 1. The van der Waals surface area contributed by atoms with Crippen molar-refractivity contribution in [2.45, 2.75) is 26.7 Å². The molecule has 3 nitrogen and oxygen atoms in total. The Bertz CT molecular complexity index is 233. The molecule has 60 valence electrons. The van der Waals surface area contributed by atoms with E-state index in [1.54, 1.807) is 0 Å². The van der Waals surface area contributed by atoms with Gasteiger partial charge in [-0.25, -0.2) is 0 Å². The van der Waals surface area contributed by atoms with Gasteiger partial charge in [-0.2, -0.15) is 0 Å². The largest absolute Gasteiger partial charge is 0.361 e. The number of aryl methyl sites for hydroxylation is 2. The quantitative estimate of drug-likeness (QED) is 0.617. The lowest BCUT2D eigenvalue weighted by atomic mass is 10.1. The van der Waals surface area contributed by atoms with Gasteiger partial charge >= 0.3 is 0 Å². The molecule has 0 spiro atoms. The van der Waals surface area contributed by atoms with E-state index in [1.165, 1.54) is 0 Å². The Morgan fingerprint density at radius 2 is 2.27 bits per heavy atom. The molecular formula is C8H11NO2. The smallest absolute Gasteiger partial charge is 0.137 e. The molecule has 0 aliphatic rings. The summed E-state index contributed by atoms with van der Waals surface area (Å²) in [5, 5.41) is 3.78. The lowest BCUT2D eigenvalue weighted by Gasteiger charge is -1.92. The molecule has 0 aliphatic heterocycles. The van der Waals surface area contributed by atoms with Crippen LogP contribution in [0.5, 0.6) is 0 Å². The average Bonchev–Trinajstić information content (AvgIpc) is 2.29. The molecule has 0 amide bonds. The Labute approximate surface area is 65.4 Å². The van der Waals surface area contributed by atoms with E-state index < -0.39 is 0 Å². The van der Waals surface area contributed by atoms with Crippen LogP contribution in [0.4, 0.5) is 0 Å². The van der Waals surface area contributed by atoms with Crippen LogP contribution in [0.2, 0.25) is 0 Å². The van der Waals surface area contributed by atoms with Crippen molar-refractivity contribution in [3.05, 3.63) is 17.0 Å². The Balaban J connectivity index is 2.74. The van der Waals surface area contributed by atoms with Gasteiger partial charge in [0.15, 0.2) is 0 Å². The van der Waals surface area contributed by atoms with Crippen LogP contribution in [0.15, 0.2) is 4.52 Å². The SMILES string of the molecule is Cc1noc(C)c1CCC=O. The molecule has 1 aromatic heterocycles. The van der Waals surface area contributed by atoms with Crippen LogP contribution in [-0.2, 0) is 11.2 Å². The van der Waals surface area contributed by atoms with Gasteiger partial charge < -0.3 is 9.32 Å². The van der Waals surface area contributed by atoms with Gasteiger partial charge in [0.05, 0.1) is 5.69 Å². The van der Waals surface area contributed by atoms with Crippen molar-refractivity contribution in [1.29, 1.82) is 0 Å². The van der Waals surface area contributed by atoms with E-state index in [4.69, 9.17) is 4.52 Å². The first-order valence-corrected chi connectivity index (χ1v) is 3.61. The molecule has 11 heavy (non-hydrogen) atoms. The van der Waals surface area contributed by atoms with E-state index >= 15 is 0 Å². The number of aldehydes is 1. The number of nitrogens with zero attached hydrogens (tertiary/aromatic N) is 1. The summed E-state index contributed by atoms with van der Waals surface area (Å²) in [4.78, 5) is 10.1. The second kappa shape index (κ2) is 3.32. The highest BCUT2D eigenvalue weighted by molar-refractivity contribution is 5.50. The van der Waals surface area contributed by atoms with Crippen molar-refractivity contribution in [2.24, 2.45) is 0 Å². The molecule has 0 bridgehead atoms. The average molecular weight is 153 g/mol. The minimum Gasteiger partial charge on any atom is -0.361 e. The van der Waals surface area contributed by atoms with Crippen molar-refractivity contribution in [3.8, 4) is 0 Å². The highest BCUT2D eigenvalue weighted by Crippen LogP contribution is 2.13. The fraction of sp³-hybridized carbons (Fsp3) is 0.500. The molecule has 1 aromatic rings. The van der Waals surface area contributed by atoms with E-state index in [2.05, 4.69) is 5.16 Å². The summed E-state index contributed by atoms with van der Waals surface area (Å²) < 4.78 is 4.93. The summed E-state index contributed by atoms with van der Waals surface area (Å²) in [6.07, 6.45) is 2.19. The monoisotopic (exact) mass is 153 g/mol. The van der Waals surface area contributed by atoms with Crippen LogP contribution >= 0.6 is 0 Å². The van der Waals surface area contributed by atoms with Crippen LogP contribution in [-0.4, -0.2) is 11.4 Å². The van der Waals surface area contributed by atoms with E-state index in [9.17, 15) is 4.79 Å². The highest BCUT2D eigenvalue weighted by Gasteiger charge is 2.06. The van der Waals surface area contributed by atoms with Crippen LogP contribution < -0.4 is 0 Å². The Morgan fingerprint density at radius 3 is 2.73 bits per heavy atom. The molecular weight excluding hydrogens is 142 g/mol. The summed E-state index contributed by atoms with van der Waals surface area (Å²) in [5.41, 5.74) is 1.96. The summed E-state index contributed by atoms with van der Waals surface area (Å²) in [6, 6.07) is 0. The van der Waals surface area contributed by atoms with E-state index in [0.717, 1.165) is 29.7 Å². The number of aromatic nitrogens is 1. The molecule has 0 N–H and O–H groups in total. The Kier molecular flexibility index (Phi) is 2.41. The fourth-order valence-corrected chi connectivity index (χ4v) is 1.06. The van der Waals surface area contributed by atoms with E-state index in [0.29, 0.717) is 6.42 Å². The first-order valence-electron chi connectivity index (χ1n) is 3.61. The topological polar surface area (TPSA) is 43.1 Å². The van der Waals surface area contributed by atoms with Crippen molar-refractivity contribution in [3.63, 3.8) is 0 Å². The Morgan fingerprint density at radius 1 is 1.55 bits per heavy atom. The van der Waals surface area contributed by atoms with Crippen molar-refractivity contribution in [1.82, 2.24) is 5.16 Å². The molecule has 0 atom stereocenters. The minimum atomic E-state index is 0.545. The van der Waals surface area contributed by atoms with Crippen LogP contribution in [0.3, 0.4) is 0 Å². The molecule has 0 saturated carbocycles. The Hall–Kier alpha value is -1.12. The summed E-state index contributed by atoms with van der Waals surface area (Å²) >= 11 is 0. The summed E-state index contributed by atoms with van der Waals surface area (Å²) in [7, 11) is 0. The predicted octanol–water partition coefficient (Wildman–Crippen LogP) is 1.42. The first-order chi connectivity index (χ1) is 5.25. The van der Waals surface area contributed by atoms with E-state index in [1.807, 2.05) is 13.8 Å². The second-order valence-corrected chi connectivity index (χ2v) is 2.51. The zero-order chi connectivity index (χ0) is 8.27. The van der Waals surface area contributed by atoms with Gasteiger partial charge in [0, 0.05) is 12.0 Å². The molecule has 0 unspecified atom stereocenters. The van der Waals surface area contributed by atoms with Gasteiger partial charge in [-0.05, 0) is 20.3 Å². The zero-order valence-corrected chi connectivity index (χ0v) is 6.76. The van der Waals surface area contributed by atoms with Crippen LogP contribution in [0, 0.1) is 13.8 Å². The number of carbonyl (C=O) groups is 1. The van der Waals surface area contributed by atoms with Crippen molar-refractivity contribution in [2.75, 3.05) is 0 Å². The maximum Gasteiger partial charge on any atom is 0.137 e. The molecule has 0 radical (unpaired) electrons. The maximum atomic E-state index is 10.1. The molecule has 0 saturated heterocycles. The van der Waals surface area contributed by atoms with Gasteiger partial charge in [-0.15, -0.1) is 0 Å². The number of rotatable bonds is 3. The van der Waals surface area contributed by atoms with Crippen LogP contribution in [0.1, 0.15) is 23.4 Å². The van der Waals surface area contributed by atoms with Crippen LogP contribution in [0.25, 0.3) is 0 Å². The molecule has 0 aromatic carbocycles. The normalized spacial score (nSPS) is 10.0. The standard InChI is InChI=1S/C8H11NO2/c1-6-8(4-3-5-10)7(2)11-9-6/h5H,3-4H2,1-2H3. The van der Waals surface area contributed by atoms with Crippen molar-refractivity contribution >= 4 is 6.29 Å². The number of hydrogen-bond acceptors (Lipinski definition) is 3. The zero-order valence-electron chi connectivity index (χ0n) is 6.76. The molecule has 0 aliphatic carbocycles. The molecule has 1 heterocycles. The third-order valence-electron chi connectivity index (χ3n) is 1.69.